The number of nitrogens with zero attached hydrogens (tertiary/aromatic N) is 3. The molecule has 2 heterocycles. The molecule has 2 aromatic heterocycles. The highest BCUT2D eigenvalue weighted by atomic mass is 32.2. The molecule has 4 aromatic rings. The van der Waals surface area contributed by atoms with Crippen LogP contribution in [0.3, 0.4) is 0 Å². The molecule has 0 unspecified atom stereocenters. The lowest BCUT2D eigenvalue weighted by atomic mass is 10.1. The third-order valence-corrected chi connectivity index (χ3v) is 5.52. The molecule has 0 spiro atoms. The Balaban J connectivity index is 1.47. The van der Waals surface area contributed by atoms with E-state index in [1.807, 2.05) is 30.5 Å². The molecule has 0 aliphatic heterocycles. The van der Waals surface area contributed by atoms with Crippen LogP contribution in [-0.2, 0) is 18.0 Å². The first-order chi connectivity index (χ1) is 14.3. The highest BCUT2D eigenvalue weighted by molar-refractivity contribution is 7.99. The van der Waals surface area contributed by atoms with Gasteiger partial charge in [-0.25, -0.2) is 0 Å². The van der Waals surface area contributed by atoms with E-state index in [-0.39, 0.29) is 11.4 Å². The average molecular weight is 431 g/mol. The number of amides is 1. The Morgan fingerprint density at radius 3 is 2.67 bits per heavy atom. The lowest BCUT2D eigenvalue weighted by Gasteiger charge is -2.13. The van der Waals surface area contributed by atoms with E-state index in [1.165, 1.54) is 18.2 Å². The number of nitrogens with one attached hydrogen (secondary N) is 2. The minimum atomic E-state index is -4.55. The van der Waals surface area contributed by atoms with Crippen LogP contribution in [0.4, 0.5) is 18.9 Å². The SMILES string of the molecule is Cn1c(SCC(=O)Nc2ccccc2C(F)(F)F)nnc1-c1c[nH]c2ccccc12. The quantitative estimate of drug-likeness (QED) is 0.449. The van der Waals surface area contributed by atoms with Crippen molar-refractivity contribution >= 4 is 34.3 Å². The molecular formula is C20H16F3N5OS. The second-order valence-electron chi connectivity index (χ2n) is 6.49. The van der Waals surface area contributed by atoms with Crippen molar-refractivity contribution in [3.05, 3.63) is 60.3 Å². The summed E-state index contributed by atoms with van der Waals surface area (Å²) < 4.78 is 41.0. The second kappa shape index (κ2) is 7.86. The number of rotatable bonds is 5. The Labute approximate surface area is 173 Å². The number of hydrogen-bond acceptors (Lipinski definition) is 4. The lowest BCUT2D eigenvalue weighted by molar-refractivity contribution is -0.137. The number of thioether (sulfide) groups is 1. The van der Waals surface area contributed by atoms with E-state index < -0.39 is 17.6 Å². The van der Waals surface area contributed by atoms with Crippen LogP contribution >= 0.6 is 11.8 Å². The molecule has 0 aliphatic carbocycles. The number of H-pyrrole nitrogens is 1. The molecule has 2 aromatic carbocycles. The Bertz CT molecular complexity index is 1210. The predicted molar refractivity (Wildman–Crippen MR) is 109 cm³/mol. The molecule has 30 heavy (non-hydrogen) atoms. The van der Waals surface area contributed by atoms with Crippen LogP contribution < -0.4 is 5.32 Å². The maximum Gasteiger partial charge on any atom is 0.418 e. The number of alkyl halides is 3. The summed E-state index contributed by atoms with van der Waals surface area (Å²) in [6.07, 6.45) is -2.71. The van der Waals surface area contributed by atoms with Crippen LogP contribution in [0.2, 0.25) is 0 Å². The molecule has 10 heteroatoms. The molecule has 0 fully saturated rings. The van der Waals surface area contributed by atoms with E-state index >= 15 is 0 Å². The first kappa shape index (κ1) is 20.0. The summed E-state index contributed by atoms with van der Waals surface area (Å²) in [6.45, 7) is 0. The van der Waals surface area contributed by atoms with Crippen molar-refractivity contribution in [3.63, 3.8) is 0 Å². The third kappa shape index (κ3) is 3.90. The second-order valence-corrected chi connectivity index (χ2v) is 7.44. The minimum absolute atomic E-state index is 0.105. The van der Waals surface area contributed by atoms with E-state index in [0.29, 0.717) is 11.0 Å². The fourth-order valence-electron chi connectivity index (χ4n) is 3.09. The molecule has 0 saturated heterocycles. The van der Waals surface area contributed by atoms with Crippen molar-refractivity contribution < 1.29 is 18.0 Å². The van der Waals surface area contributed by atoms with E-state index in [2.05, 4.69) is 20.5 Å². The molecular weight excluding hydrogens is 415 g/mol. The number of carbonyl (C=O) groups excluding carboxylic acids is 1. The minimum Gasteiger partial charge on any atom is -0.360 e. The average Bonchev–Trinajstić information content (AvgIpc) is 3.29. The van der Waals surface area contributed by atoms with Crippen LogP contribution in [-0.4, -0.2) is 31.4 Å². The van der Waals surface area contributed by atoms with E-state index in [4.69, 9.17) is 0 Å². The topological polar surface area (TPSA) is 75.6 Å². The number of hydrogen-bond donors (Lipinski definition) is 2. The van der Waals surface area contributed by atoms with Gasteiger partial charge >= 0.3 is 6.18 Å². The molecule has 6 nitrogen and oxygen atoms in total. The van der Waals surface area contributed by atoms with Crippen LogP contribution in [0.5, 0.6) is 0 Å². The molecule has 0 saturated carbocycles. The molecule has 0 atom stereocenters. The van der Waals surface area contributed by atoms with Crippen molar-refractivity contribution in [1.29, 1.82) is 0 Å². The zero-order valence-corrected chi connectivity index (χ0v) is 16.5. The molecule has 4 rings (SSSR count). The number of fused-ring (bicyclic) bond motifs is 1. The number of carbonyl (C=O) groups is 1. The summed E-state index contributed by atoms with van der Waals surface area (Å²) in [7, 11) is 1.77. The van der Waals surface area contributed by atoms with E-state index in [9.17, 15) is 18.0 Å². The van der Waals surface area contributed by atoms with E-state index in [0.717, 1.165) is 34.3 Å². The molecule has 0 aliphatic rings. The normalized spacial score (nSPS) is 11.7. The van der Waals surface area contributed by atoms with Crippen molar-refractivity contribution in [2.75, 3.05) is 11.1 Å². The summed E-state index contributed by atoms with van der Waals surface area (Å²) in [5.74, 6) is -0.0439. The van der Waals surface area contributed by atoms with Gasteiger partial charge in [-0.1, -0.05) is 42.1 Å². The fraction of sp³-hybridized carbons (Fsp3) is 0.150. The zero-order valence-electron chi connectivity index (χ0n) is 15.7. The Kier molecular flexibility index (Phi) is 5.25. The van der Waals surface area contributed by atoms with Gasteiger partial charge < -0.3 is 14.9 Å². The number of aromatic nitrogens is 4. The molecule has 0 bridgehead atoms. The number of aromatic amines is 1. The van der Waals surface area contributed by atoms with Crippen LogP contribution in [0.1, 0.15) is 5.56 Å². The standard InChI is InChI=1S/C20H16F3N5OS/c1-28-18(13-10-24-15-8-4-2-6-12(13)15)26-27-19(28)30-11-17(29)25-16-9-5-3-7-14(16)20(21,22)23/h2-10,24H,11H2,1H3,(H,25,29). The summed E-state index contributed by atoms with van der Waals surface area (Å²) in [5, 5.41) is 12.1. The van der Waals surface area contributed by atoms with Crippen molar-refractivity contribution in [2.45, 2.75) is 11.3 Å². The van der Waals surface area contributed by atoms with Gasteiger partial charge in [0, 0.05) is 29.7 Å². The van der Waals surface area contributed by atoms with Crippen LogP contribution in [0.25, 0.3) is 22.3 Å². The number of para-hydroxylation sites is 2. The van der Waals surface area contributed by atoms with E-state index in [1.54, 1.807) is 11.6 Å². The summed E-state index contributed by atoms with van der Waals surface area (Å²) in [4.78, 5) is 15.4. The summed E-state index contributed by atoms with van der Waals surface area (Å²) in [6, 6.07) is 12.6. The van der Waals surface area contributed by atoms with Gasteiger partial charge in [0.2, 0.25) is 5.91 Å². The third-order valence-electron chi connectivity index (χ3n) is 4.50. The van der Waals surface area contributed by atoms with Gasteiger partial charge in [-0.2, -0.15) is 13.2 Å². The monoisotopic (exact) mass is 431 g/mol. The van der Waals surface area contributed by atoms with Crippen molar-refractivity contribution in [3.8, 4) is 11.4 Å². The van der Waals surface area contributed by atoms with Gasteiger partial charge in [-0.05, 0) is 18.2 Å². The lowest BCUT2D eigenvalue weighted by Crippen LogP contribution is -2.18. The Hall–Kier alpha value is -3.27. The fourth-order valence-corrected chi connectivity index (χ4v) is 3.80. The molecule has 0 radical (unpaired) electrons. The zero-order chi connectivity index (χ0) is 21.3. The van der Waals surface area contributed by atoms with Gasteiger partial charge in [-0.3, -0.25) is 4.79 Å². The number of benzene rings is 2. The van der Waals surface area contributed by atoms with Crippen LogP contribution in [0.15, 0.2) is 59.9 Å². The van der Waals surface area contributed by atoms with Gasteiger partial charge in [0.25, 0.3) is 0 Å². The summed E-state index contributed by atoms with van der Waals surface area (Å²) in [5.41, 5.74) is 0.681. The van der Waals surface area contributed by atoms with Crippen LogP contribution in [0, 0.1) is 0 Å². The largest absolute Gasteiger partial charge is 0.418 e. The number of anilines is 1. The van der Waals surface area contributed by atoms with Gasteiger partial charge in [0.05, 0.1) is 17.0 Å². The summed E-state index contributed by atoms with van der Waals surface area (Å²) >= 11 is 1.10. The Morgan fingerprint density at radius 2 is 1.87 bits per heavy atom. The highest BCUT2D eigenvalue weighted by Gasteiger charge is 2.33. The Morgan fingerprint density at radius 1 is 1.13 bits per heavy atom. The van der Waals surface area contributed by atoms with Gasteiger partial charge in [-0.15, -0.1) is 10.2 Å². The maximum atomic E-state index is 13.1. The van der Waals surface area contributed by atoms with Gasteiger partial charge in [0.1, 0.15) is 0 Å². The van der Waals surface area contributed by atoms with Gasteiger partial charge in [0.15, 0.2) is 11.0 Å². The van der Waals surface area contributed by atoms with Crippen molar-refractivity contribution in [1.82, 2.24) is 19.7 Å². The predicted octanol–water partition coefficient (Wildman–Crippen LogP) is 4.71. The number of halogens is 3. The first-order valence-corrected chi connectivity index (χ1v) is 9.88. The maximum absolute atomic E-state index is 13.1. The molecule has 1 amide bonds. The highest BCUT2D eigenvalue weighted by Crippen LogP contribution is 2.35. The smallest absolute Gasteiger partial charge is 0.360 e. The van der Waals surface area contributed by atoms with Crippen molar-refractivity contribution in [2.24, 2.45) is 7.05 Å². The first-order valence-electron chi connectivity index (χ1n) is 8.89. The molecule has 2 N–H and O–H groups in total. The molecule has 154 valence electrons.